The highest BCUT2D eigenvalue weighted by Crippen LogP contribution is 2.32. The first-order valence-corrected chi connectivity index (χ1v) is 9.33. The van der Waals surface area contributed by atoms with Gasteiger partial charge < -0.3 is 4.90 Å². The fraction of sp³-hybridized carbons (Fsp3) is 0.412. The zero-order valence-corrected chi connectivity index (χ0v) is 14.5. The summed E-state index contributed by atoms with van der Waals surface area (Å²) in [5, 5.41) is 3.42. The van der Waals surface area contributed by atoms with Crippen molar-refractivity contribution in [2.75, 3.05) is 13.1 Å². The predicted molar refractivity (Wildman–Crippen MR) is 92.8 cm³/mol. The molecule has 0 bridgehead atoms. The summed E-state index contributed by atoms with van der Waals surface area (Å²) in [6.45, 7) is 5.76. The Bertz CT molecular complexity index is 660. The van der Waals surface area contributed by atoms with E-state index in [0.717, 1.165) is 30.9 Å². The zero-order chi connectivity index (χ0) is 15.5. The lowest BCUT2D eigenvalue weighted by molar-refractivity contribution is 0.0722. The number of nitrogens with zero attached hydrogens (tertiary/aromatic N) is 2. The van der Waals surface area contributed by atoms with Crippen molar-refractivity contribution in [2.45, 2.75) is 36.8 Å². The zero-order valence-electron chi connectivity index (χ0n) is 12.9. The highest BCUT2D eigenvalue weighted by molar-refractivity contribution is 8.00. The van der Waals surface area contributed by atoms with E-state index >= 15 is 0 Å². The third-order valence-corrected chi connectivity index (χ3v) is 6.24. The Kier molecular flexibility index (Phi) is 4.84. The number of aryl methyl sites for hydroxylation is 2. The Hall–Kier alpha value is -1.33. The second-order valence-electron chi connectivity index (χ2n) is 5.63. The third-order valence-electron chi connectivity index (χ3n) is 3.95. The van der Waals surface area contributed by atoms with Crippen LogP contribution in [0.3, 0.4) is 0 Å². The van der Waals surface area contributed by atoms with Gasteiger partial charge in [-0.2, -0.15) is 0 Å². The van der Waals surface area contributed by atoms with Gasteiger partial charge in [-0.05, 0) is 38.3 Å². The van der Waals surface area contributed by atoms with Crippen LogP contribution in [0.2, 0.25) is 0 Å². The minimum Gasteiger partial charge on any atom is -0.337 e. The van der Waals surface area contributed by atoms with Crippen molar-refractivity contribution in [1.29, 1.82) is 0 Å². The molecule has 0 spiro atoms. The van der Waals surface area contributed by atoms with Crippen molar-refractivity contribution in [2.24, 2.45) is 0 Å². The number of thiazole rings is 1. The van der Waals surface area contributed by atoms with Gasteiger partial charge in [0.1, 0.15) is 5.69 Å². The lowest BCUT2D eigenvalue weighted by atomic mass is 10.1. The molecule has 0 radical (unpaired) electrons. The average molecular weight is 332 g/mol. The number of hydrogen-bond acceptors (Lipinski definition) is 4. The summed E-state index contributed by atoms with van der Waals surface area (Å²) in [4.78, 5) is 20.0. The van der Waals surface area contributed by atoms with Crippen molar-refractivity contribution in [1.82, 2.24) is 9.88 Å². The Balaban J connectivity index is 1.56. The van der Waals surface area contributed by atoms with E-state index in [1.165, 1.54) is 21.8 Å². The molecule has 1 saturated heterocycles. The number of amides is 1. The van der Waals surface area contributed by atoms with E-state index in [4.69, 9.17) is 0 Å². The maximum atomic E-state index is 12.4. The second-order valence-corrected chi connectivity index (χ2v) is 8.03. The first-order valence-electron chi connectivity index (χ1n) is 7.57. The molecular weight excluding hydrogens is 312 g/mol. The number of benzene rings is 1. The molecule has 0 unspecified atom stereocenters. The maximum absolute atomic E-state index is 12.4. The summed E-state index contributed by atoms with van der Waals surface area (Å²) in [6.07, 6.45) is 2.10. The molecule has 2 heterocycles. The molecule has 0 saturated carbocycles. The molecule has 1 aromatic carbocycles. The molecule has 0 N–H and O–H groups in total. The molecular formula is C17H20N2OS2. The summed E-state index contributed by atoms with van der Waals surface area (Å²) in [5.74, 6) is 0.0868. The molecule has 1 amide bonds. The van der Waals surface area contributed by atoms with Gasteiger partial charge in [0.15, 0.2) is 0 Å². The van der Waals surface area contributed by atoms with E-state index in [1.807, 2.05) is 29.0 Å². The number of likely N-dealkylation sites (tertiary alicyclic amines) is 1. The molecule has 5 heteroatoms. The van der Waals surface area contributed by atoms with Crippen LogP contribution in [0.4, 0.5) is 0 Å². The Labute approximate surface area is 139 Å². The van der Waals surface area contributed by atoms with Crippen LogP contribution in [0.1, 0.15) is 33.9 Å². The molecule has 116 valence electrons. The Morgan fingerprint density at radius 3 is 2.64 bits per heavy atom. The maximum Gasteiger partial charge on any atom is 0.273 e. The smallest absolute Gasteiger partial charge is 0.273 e. The fourth-order valence-corrected chi connectivity index (χ4v) is 4.47. The topological polar surface area (TPSA) is 33.2 Å². The second kappa shape index (κ2) is 6.84. The monoisotopic (exact) mass is 332 g/mol. The summed E-state index contributed by atoms with van der Waals surface area (Å²) >= 11 is 3.49. The van der Waals surface area contributed by atoms with Crippen molar-refractivity contribution >= 4 is 29.0 Å². The van der Waals surface area contributed by atoms with Gasteiger partial charge in [-0.15, -0.1) is 23.1 Å². The molecule has 1 aliphatic rings. The summed E-state index contributed by atoms with van der Waals surface area (Å²) < 4.78 is 0. The van der Waals surface area contributed by atoms with Crippen LogP contribution in [0, 0.1) is 13.8 Å². The Morgan fingerprint density at radius 1 is 1.27 bits per heavy atom. The number of carbonyl (C=O) groups is 1. The van der Waals surface area contributed by atoms with Gasteiger partial charge in [0.2, 0.25) is 0 Å². The van der Waals surface area contributed by atoms with Crippen LogP contribution in [0.15, 0.2) is 34.5 Å². The minimum absolute atomic E-state index is 0.0868. The molecule has 3 rings (SSSR count). The van der Waals surface area contributed by atoms with Crippen LogP contribution in [-0.2, 0) is 0 Å². The van der Waals surface area contributed by atoms with Gasteiger partial charge in [0, 0.05) is 28.6 Å². The number of rotatable bonds is 3. The molecule has 0 aliphatic carbocycles. The minimum atomic E-state index is 0.0868. The summed E-state index contributed by atoms with van der Waals surface area (Å²) in [6, 6.07) is 8.52. The third kappa shape index (κ3) is 3.52. The fourth-order valence-electron chi connectivity index (χ4n) is 2.67. The van der Waals surface area contributed by atoms with Crippen molar-refractivity contribution in [3.8, 4) is 0 Å². The highest BCUT2D eigenvalue weighted by Gasteiger charge is 2.25. The van der Waals surface area contributed by atoms with E-state index in [0.29, 0.717) is 10.9 Å². The highest BCUT2D eigenvalue weighted by atomic mass is 32.2. The van der Waals surface area contributed by atoms with Crippen LogP contribution < -0.4 is 0 Å². The van der Waals surface area contributed by atoms with Crippen LogP contribution in [-0.4, -0.2) is 34.1 Å². The molecule has 3 nitrogen and oxygen atoms in total. The molecule has 0 atom stereocenters. The molecule has 1 fully saturated rings. The molecule has 22 heavy (non-hydrogen) atoms. The van der Waals surface area contributed by atoms with E-state index in [1.54, 1.807) is 0 Å². The van der Waals surface area contributed by atoms with Gasteiger partial charge in [0.25, 0.3) is 5.91 Å². The lowest BCUT2D eigenvalue weighted by Crippen LogP contribution is -2.39. The molecule has 1 aromatic heterocycles. The van der Waals surface area contributed by atoms with Gasteiger partial charge in [-0.1, -0.05) is 18.2 Å². The molecule has 2 aromatic rings. The summed E-state index contributed by atoms with van der Waals surface area (Å²) in [7, 11) is 0. The Morgan fingerprint density at radius 2 is 2.00 bits per heavy atom. The quantitative estimate of drug-likeness (QED) is 0.846. The van der Waals surface area contributed by atoms with Gasteiger partial charge in [-0.25, -0.2) is 4.98 Å². The van der Waals surface area contributed by atoms with Crippen molar-refractivity contribution in [3.63, 3.8) is 0 Å². The van der Waals surface area contributed by atoms with Crippen LogP contribution in [0.25, 0.3) is 0 Å². The van der Waals surface area contributed by atoms with Crippen LogP contribution >= 0.6 is 23.1 Å². The first kappa shape index (κ1) is 15.6. The largest absolute Gasteiger partial charge is 0.337 e. The van der Waals surface area contributed by atoms with Gasteiger partial charge >= 0.3 is 0 Å². The van der Waals surface area contributed by atoms with Gasteiger partial charge in [-0.3, -0.25) is 4.79 Å². The number of carbonyl (C=O) groups excluding carboxylic acids is 1. The van der Waals surface area contributed by atoms with E-state index in [-0.39, 0.29) is 5.91 Å². The SMILES string of the molecule is Cc1nc(C(=O)N2CCC(Sc3ccccc3C)CC2)cs1. The molecule has 1 aliphatic heterocycles. The van der Waals surface area contributed by atoms with Crippen LogP contribution in [0.5, 0.6) is 0 Å². The summed E-state index contributed by atoms with van der Waals surface area (Å²) in [5.41, 5.74) is 1.94. The van der Waals surface area contributed by atoms with Crippen molar-refractivity contribution < 1.29 is 4.79 Å². The standard InChI is InChI=1S/C17H20N2OS2/c1-12-5-3-4-6-16(12)22-14-7-9-19(10-8-14)17(20)15-11-21-13(2)18-15/h3-6,11,14H,7-10H2,1-2H3. The number of aromatic nitrogens is 1. The first-order chi connectivity index (χ1) is 10.6. The van der Waals surface area contributed by atoms with Gasteiger partial charge in [0.05, 0.1) is 5.01 Å². The lowest BCUT2D eigenvalue weighted by Gasteiger charge is -2.31. The van der Waals surface area contributed by atoms with Crippen molar-refractivity contribution in [3.05, 3.63) is 45.9 Å². The predicted octanol–water partition coefficient (Wildman–Crippen LogP) is 4.16. The number of thioether (sulfide) groups is 1. The average Bonchev–Trinajstić information content (AvgIpc) is 2.96. The van der Waals surface area contributed by atoms with E-state index in [9.17, 15) is 4.79 Å². The van der Waals surface area contributed by atoms with E-state index in [2.05, 4.69) is 36.2 Å². The van der Waals surface area contributed by atoms with E-state index < -0.39 is 0 Å². The number of hydrogen-bond donors (Lipinski definition) is 0. The normalized spacial score (nSPS) is 16.0. The number of piperidine rings is 1.